The van der Waals surface area contributed by atoms with Crippen molar-refractivity contribution in [3.05, 3.63) is 33.8 Å². The molecule has 0 bridgehead atoms. The highest BCUT2D eigenvalue weighted by Crippen LogP contribution is 2.31. The fourth-order valence-corrected chi connectivity index (χ4v) is 3.36. The van der Waals surface area contributed by atoms with Crippen LogP contribution in [0, 0.1) is 5.41 Å². The number of carbonyl (C=O) groups is 1. The number of benzene rings is 1. The Morgan fingerprint density at radius 1 is 1.39 bits per heavy atom. The number of rotatable bonds is 6. The van der Waals surface area contributed by atoms with E-state index in [4.69, 9.17) is 27.9 Å². The summed E-state index contributed by atoms with van der Waals surface area (Å²) in [4.78, 5) is 14.8. The van der Waals surface area contributed by atoms with E-state index in [1.807, 2.05) is 25.1 Å². The van der Waals surface area contributed by atoms with Crippen LogP contribution in [0.4, 0.5) is 0 Å². The van der Waals surface area contributed by atoms with E-state index >= 15 is 0 Å². The third kappa shape index (κ3) is 5.08. The smallest absolute Gasteiger partial charge is 0.227 e. The minimum Gasteiger partial charge on any atom is -0.383 e. The number of methoxy groups -OCH3 is 1. The number of hydrogen-bond acceptors (Lipinski definition) is 3. The second kappa shape index (κ2) is 8.34. The molecule has 0 radical (unpaired) electrons. The predicted octanol–water partition coefficient (Wildman–Crippen LogP) is 3.36. The van der Waals surface area contributed by atoms with Crippen molar-refractivity contribution >= 4 is 29.1 Å². The van der Waals surface area contributed by atoms with Crippen LogP contribution in [0.15, 0.2) is 18.2 Å². The molecule has 1 unspecified atom stereocenters. The van der Waals surface area contributed by atoms with Crippen LogP contribution in [-0.2, 0) is 16.1 Å². The summed E-state index contributed by atoms with van der Waals surface area (Å²) in [6, 6.07) is 5.70. The first-order valence-corrected chi connectivity index (χ1v) is 8.64. The minimum absolute atomic E-state index is 0.105. The highest BCUT2D eigenvalue weighted by molar-refractivity contribution is 6.42. The molecule has 6 heteroatoms. The van der Waals surface area contributed by atoms with Crippen LogP contribution in [0.3, 0.4) is 0 Å². The molecule has 1 N–H and O–H groups in total. The summed E-state index contributed by atoms with van der Waals surface area (Å²) >= 11 is 12.0. The van der Waals surface area contributed by atoms with Gasteiger partial charge in [-0.25, -0.2) is 0 Å². The van der Waals surface area contributed by atoms with Gasteiger partial charge in [0.05, 0.1) is 22.1 Å². The van der Waals surface area contributed by atoms with Crippen molar-refractivity contribution in [2.75, 3.05) is 33.4 Å². The molecule has 1 fully saturated rings. The van der Waals surface area contributed by atoms with E-state index in [1.54, 1.807) is 7.11 Å². The average molecular weight is 359 g/mol. The molecule has 1 aliphatic heterocycles. The second-order valence-corrected chi connectivity index (χ2v) is 7.19. The summed E-state index contributed by atoms with van der Waals surface area (Å²) in [5.74, 6) is 0.105. The van der Waals surface area contributed by atoms with Crippen molar-refractivity contribution in [3.63, 3.8) is 0 Å². The quantitative estimate of drug-likeness (QED) is 0.792. The minimum atomic E-state index is -0.359. The van der Waals surface area contributed by atoms with Gasteiger partial charge in [-0.05, 0) is 44.0 Å². The lowest BCUT2D eigenvalue weighted by molar-refractivity contribution is -0.133. The Balaban J connectivity index is 1.96. The van der Waals surface area contributed by atoms with Crippen molar-refractivity contribution in [1.82, 2.24) is 10.2 Å². The van der Waals surface area contributed by atoms with E-state index in [0.29, 0.717) is 23.2 Å². The van der Waals surface area contributed by atoms with Crippen LogP contribution in [0.2, 0.25) is 10.0 Å². The topological polar surface area (TPSA) is 41.6 Å². The molecule has 1 atom stereocenters. The second-order valence-electron chi connectivity index (χ2n) is 6.37. The maximum absolute atomic E-state index is 12.5. The fraction of sp³-hybridized carbons (Fsp3) is 0.588. The Kier molecular flexibility index (Phi) is 6.72. The van der Waals surface area contributed by atoms with Crippen molar-refractivity contribution in [1.29, 1.82) is 0 Å². The summed E-state index contributed by atoms with van der Waals surface area (Å²) in [6.07, 6.45) is 1.92. The number of ether oxygens (including phenoxy) is 1. The molecule has 1 heterocycles. The molecule has 4 nitrogen and oxygen atoms in total. The number of likely N-dealkylation sites (tertiary alicyclic amines) is 1. The molecule has 2 rings (SSSR count). The molecule has 1 amide bonds. The van der Waals surface area contributed by atoms with Gasteiger partial charge in [0.2, 0.25) is 5.91 Å². The Morgan fingerprint density at radius 3 is 2.87 bits per heavy atom. The number of nitrogens with one attached hydrogen (secondary N) is 1. The number of carbonyl (C=O) groups excluding carboxylic acids is 1. The first-order chi connectivity index (χ1) is 10.9. The predicted molar refractivity (Wildman–Crippen MR) is 94.0 cm³/mol. The van der Waals surface area contributed by atoms with E-state index in [0.717, 1.165) is 38.0 Å². The molecular weight excluding hydrogens is 335 g/mol. The Hall–Kier alpha value is -0.810. The lowest BCUT2D eigenvalue weighted by Crippen LogP contribution is -2.50. The zero-order valence-corrected chi connectivity index (χ0v) is 15.2. The number of halogens is 2. The number of nitrogens with zero attached hydrogens (tertiary/aromatic N) is 1. The number of amides is 1. The Morgan fingerprint density at radius 2 is 2.17 bits per heavy atom. The van der Waals surface area contributed by atoms with Crippen molar-refractivity contribution in [2.45, 2.75) is 26.3 Å². The molecule has 128 valence electrons. The van der Waals surface area contributed by atoms with Gasteiger partial charge in [0, 0.05) is 26.7 Å². The van der Waals surface area contributed by atoms with E-state index < -0.39 is 0 Å². The number of hydrogen-bond donors (Lipinski definition) is 1. The molecule has 0 aliphatic carbocycles. The maximum Gasteiger partial charge on any atom is 0.227 e. The molecule has 0 spiro atoms. The van der Waals surface area contributed by atoms with Gasteiger partial charge in [0.15, 0.2) is 0 Å². The van der Waals surface area contributed by atoms with Gasteiger partial charge in [-0.3, -0.25) is 9.69 Å². The molecule has 1 aliphatic rings. The van der Waals surface area contributed by atoms with E-state index in [1.165, 1.54) is 0 Å². The maximum atomic E-state index is 12.5. The van der Waals surface area contributed by atoms with Gasteiger partial charge in [-0.15, -0.1) is 0 Å². The third-order valence-corrected chi connectivity index (χ3v) is 5.04. The normalized spacial score (nSPS) is 22.1. The first kappa shape index (κ1) is 18.5. The molecule has 0 saturated carbocycles. The zero-order chi connectivity index (χ0) is 16.9. The fourth-order valence-electron chi connectivity index (χ4n) is 3.04. The highest BCUT2D eigenvalue weighted by atomic mass is 35.5. The molecule has 0 aromatic heterocycles. The summed E-state index contributed by atoms with van der Waals surface area (Å²) in [5.41, 5.74) is 0.755. The van der Waals surface area contributed by atoms with Crippen LogP contribution < -0.4 is 5.32 Å². The van der Waals surface area contributed by atoms with E-state index in [9.17, 15) is 4.79 Å². The molecule has 23 heavy (non-hydrogen) atoms. The largest absolute Gasteiger partial charge is 0.383 e. The zero-order valence-electron chi connectivity index (χ0n) is 13.7. The van der Waals surface area contributed by atoms with E-state index in [-0.39, 0.29) is 11.3 Å². The molecular formula is C17H24Cl2N2O2. The average Bonchev–Trinajstić information content (AvgIpc) is 2.51. The van der Waals surface area contributed by atoms with Gasteiger partial charge in [-0.1, -0.05) is 29.3 Å². The van der Waals surface area contributed by atoms with Gasteiger partial charge in [0.1, 0.15) is 0 Å². The van der Waals surface area contributed by atoms with Gasteiger partial charge >= 0.3 is 0 Å². The van der Waals surface area contributed by atoms with Crippen molar-refractivity contribution < 1.29 is 9.53 Å². The lowest BCUT2D eigenvalue weighted by atomic mass is 9.81. The van der Waals surface area contributed by atoms with Crippen LogP contribution in [-0.4, -0.2) is 44.2 Å². The van der Waals surface area contributed by atoms with Crippen LogP contribution in [0.25, 0.3) is 0 Å². The summed E-state index contributed by atoms with van der Waals surface area (Å²) in [5, 5.41) is 4.10. The highest BCUT2D eigenvalue weighted by Gasteiger charge is 2.37. The molecule has 1 aromatic rings. The van der Waals surface area contributed by atoms with Crippen LogP contribution in [0.1, 0.15) is 25.3 Å². The summed E-state index contributed by atoms with van der Waals surface area (Å²) in [6.45, 7) is 5.63. The van der Waals surface area contributed by atoms with Crippen LogP contribution >= 0.6 is 23.2 Å². The number of piperidine rings is 1. The van der Waals surface area contributed by atoms with Gasteiger partial charge < -0.3 is 10.1 Å². The van der Waals surface area contributed by atoms with Gasteiger partial charge in [-0.2, -0.15) is 0 Å². The molecule has 1 saturated heterocycles. The molecule has 1 aromatic carbocycles. The van der Waals surface area contributed by atoms with Crippen molar-refractivity contribution in [3.8, 4) is 0 Å². The Labute approximate surface area is 148 Å². The summed E-state index contributed by atoms with van der Waals surface area (Å²) in [7, 11) is 1.63. The van der Waals surface area contributed by atoms with Crippen molar-refractivity contribution in [2.24, 2.45) is 5.41 Å². The Bertz CT molecular complexity index is 553. The standard InChI is InChI=1S/C17H24Cl2N2O2/c1-17(16(22)20-7-9-23-2)6-3-8-21(12-17)11-13-4-5-14(18)15(19)10-13/h4-5,10H,3,6-9,11-12H2,1-2H3,(H,20,22). The lowest BCUT2D eigenvalue weighted by Gasteiger charge is -2.39. The monoisotopic (exact) mass is 358 g/mol. The summed E-state index contributed by atoms with van der Waals surface area (Å²) < 4.78 is 4.99. The van der Waals surface area contributed by atoms with Gasteiger partial charge in [0.25, 0.3) is 0 Å². The van der Waals surface area contributed by atoms with Crippen LogP contribution in [0.5, 0.6) is 0 Å². The van der Waals surface area contributed by atoms with E-state index in [2.05, 4.69) is 10.2 Å². The third-order valence-electron chi connectivity index (χ3n) is 4.31. The first-order valence-electron chi connectivity index (χ1n) is 7.88. The SMILES string of the molecule is COCCNC(=O)C1(C)CCCN(Cc2ccc(Cl)c(Cl)c2)C1.